The second-order valence-corrected chi connectivity index (χ2v) is 3.56. The highest BCUT2D eigenvalue weighted by Crippen LogP contribution is 2.43. The molecule has 1 aromatic carbocycles. The van der Waals surface area contributed by atoms with Gasteiger partial charge in [-0.05, 0) is 30.9 Å². The molecule has 0 spiro atoms. The Bertz CT molecular complexity index is 292. The van der Waals surface area contributed by atoms with E-state index in [1.807, 2.05) is 18.2 Å². The summed E-state index contributed by atoms with van der Waals surface area (Å²) in [6.07, 6.45) is 2.56. The molecule has 0 atom stereocenters. The lowest BCUT2D eigenvalue weighted by Gasteiger charge is -2.09. The maximum atomic E-state index is 5.62. The molecule has 2 rings (SSSR count). The topological polar surface area (TPSA) is 18.5 Å². The standard InChI is InChI=1S/C12H15O2/c1-13-8-9-14-12-5-3-2-4-11(12)10-6-7-10/h2-3,5,10H,6-9H2,1H3. The minimum absolute atomic E-state index is 0.619. The lowest BCUT2D eigenvalue weighted by Crippen LogP contribution is -2.05. The molecule has 1 saturated carbocycles. The summed E-state index contributed by atoms with van der Waals surface area (Å²) in [6.45, 7) is 1.26. The monoisotopic (exact) mass is 191 g/mol. The number of ether oxygens (including phenoxy) is 2. The van der Waals surface area contributed by atoms with Crippen molar-refractivity contribution < 1.29 is 9.47 Å². The number of hydrogen-bond acceptors (Lipinski definition) is 2. The second kappa shape index (κ2) is 4.47. The summed E-state index contributed by atoms with van der Waals surface area (Å²) in [4.78, 5) is 0. The fourth-order valence-corrected chi connectivity index (χ4v) is 1.49. The Morgan fingerprint density at radius 1 is 1.43 bits per heavy atom. The molecular weight excluding hydrogens is 176 g/mol. The van der Waals surface area contributed by atoms with Crippen LogP contribution < -0.4 is 4.74 Å². The summed E-state index contributed by atoms with van der Waals surface area (Å²) in [6, 6.07) is 9.20. The number of hydrogen-bond donors (Lipinski definition) is 0. The zero-order valence-electron chi connectivity index (χ0n) is 8.45. The molecule has 0 N–H and O–H groups in total. The van der Waals surface area contributed by atoms with E-state index in [2.05, 4.69) is 6.07 Å². The molecule has 2 heteroatoms. The first-order valence-corrected chi connectivity index (χ1v) is 5.04. The van der Waals surface area contributed by atoms with Crippen molar-refractivity contribution in [2.24, 2.45) is 0 Å². The Balaban J connectivity index is 2.00. The van der Waals surface area contributed by atoms with Crippen LogP contribution in [0.4, 0.5) is 0 Å². The lowest BCUT2D eigenvalue weighted by atomic mass is 10.1. The van der Waals surface area contributed by atoms with Gasteiger partial charge in [0.15, 0.2) is 0 Å². The molecule has 1 radical (unpaired) electrons. The molecule has 0 aromatic heterocycles. The number of methoxy groups -OCH3 is 1. The van der Waals surface area contributed by atoms with Gasteiger partial charge in [0.2, 0.25) is 0 Å². The van der Waals surface area contributed by atoms with Gasteiger partial charge in [0.05, 0.1) is 6.61 Å². The molecule has 1 aromatic rings. The van der Waals surface area contributed by atoms with Crippen molar-refractivity contribution in [2.45, 2.75) is 18.8 Å². The average molecular weight is 191 g/mol. The van der Waals surface area contributed by atoms with Crippen LogP contribution in [0.15, 0.2) is 18.2 Å². The Morgan fingerprint density at radius 2 is 2.29 bits per heavy atom. The first-order valence-electron chi connectivity index (χ1n) is 5.04. The first-order chi connectivity index (χ1) is 6.92. The molecule has 0 unspecified atom stereocenters. The Hall–Kier alpha value is -1.02. The summed E-state index contributed by atoms with van der Waals surface area (Å²) in [7, 11) is 1.68. The van der Waals surface area contributed by atoms with Crippen molar-refractivity contribution in [3.63, 3.8) is 0 Å². The Morgan fingerprint density at radius 3 is 3.00 bits per heavy atom. The van der Waals surface area contributed by atoms with Crippen LogP contribution in [0.1, 0.15) is 24.3 Å². The highest BCUT2D eigenvalue weighted by Gasteiger charge is 2.26. The summed E-state index contributed by atoms with van der Waals surface area (Å²) >= 11 is 0. The third-order valence-electron chi connectivity index (χ3n) is 2.38. The van der Waals surface area contributed by atoms with E-state index in [1.165, 1.54) is 18.4 Å². The zero-order chi connectivity index (χ0) is 9.80. The van der Waals surface area contributed by atoms with Crippen molar-refractivity contribution in [1.82, 2.24) is 0 Å². The highest BCUT2D eigenvalue weighted by atomic mass is 16.5. The fourth-order valence-electron chi connectivity index (χ4n) is 1.49. The molecule has 75 valence electrons. The van der Waals surface area contributed by atoms with Crippen LogP contribution >= 0.6 is 0 Å². The summed E-state index contributed by atoms with van der Waals surface area (Å²) < 4.78 is 10.6. The third kappa shape index (κ3) is 2.26. The molecule has 2 nitrogen and oxygen atoms in total. The fraction of sp³-hybridized carbons (Fsp3) is 0.500. The quantitative estimate of drug-likeness (QED) is 0.665. The maximum absolute atomic E-state index is 5.62. The van der Waals surface area contributed by atoms with E-state index in [4.69, 9.17) is 9.47 Å². The molecule has 0 amide bonds. The minimum atomic E-state index is 0.619. The van der Waals surface area contributed by atoms with Crippen molar-refractivity contribution in [2.75, 3.05) is 20.3 Å². The normalized spacial score (nSPS) is 15.5. The Labute approximate surface area is 84.8 Å². The predicted octanol–water partition coefficient (Wildman–Crippen LogP) is 2.39. The molecule has 0 aliphatic heterocycles. The van der Waals surface area contributed by atoms with E-state index in [9.17, 15) is 0 Å². The Kier molecular flexibility index (Phi) is 3.04. The smallest absolute Gasteiger partial charge is 0.123 e. The number of benzene rings is 1. The van der Waals surface area contributed by atoms with Gasteiger partial charge in [-0.1, -0.05) is 12.1 Å². The van der Waals surface area contributed by atoms with E-state index in [0.29, 0.717) is 19.1 Å². The van der Waals surface area contributed by atoms with Gasteiger partial charge < -0.3 is 9.47 Å². The van der Waals surface area contributed by atoms with Crippen LogP contribution in [-0.4, -0.2) is 20.3 Å². The lowest BCUT2D eigenvalue weighted by molar-refractivity contribution is 0.146. The molecule has 0 bridgehead atoms. The molecule has 1 aliphatic rings. The van der Waals surface area contributed by atoms with Crippen LogP contribution in [0.5, 0.6) is 5.75 Å². The summed E-state index contributed by atoms with van der Waals surface area (Å²) in [5.41, 5.74) is 1.24. The van der Waals surface area contributed by atoms with Gasteiger partial charge in [-0.2, -0.15) is 0 Å². The van der Waals surface area contributed by atoms with Crippen molar-refractivity contribution >= 4 is 0 Å². The second-order valence-electron chi connectivity index (χ2n) is 3.56. The van der Waals surface area contributed by atoms with Gasteiger partial charge in [-0.15, -0.1) is 0 Å². The van der Waals surface area contributed by atoms with Crippen LogP contribution in [-0.2, 0) is 4.74 Å². The third-order valence-corrected chi connectivity index (χ3v) is 2.38. The summed E-state index contributed by atoms with van der Waals surface area (Å²) in [5, 5.41) is 0. The van der Waals surface area contributed by atoms with E-state index in [-0.39, 0.29) is 0 Å². The molecular formula is C12H15O2. The number of rotatable bonds is 5. The van der Waals surface area contributed by atoms with Gasteiger partial charge in [-0.3, -0.25) is 0 Å². The molecule has 1 aliphatic carbocycles. The van der Waals surface area contributed by atoms with Crippen LogP contribution in [0.2, 0.25) is 0 Å². The predicted molar refractivity (Wildman–Crippen MR) is 54.6 cm³/mol. The summed E-state index contributed by atoms with van der Waals surface area (Å²) in [5.74, 6) is 1.67. The van der Waals surface area contributed by atoms with E-state index in [0.717, 1.165) is 5.75 Å². The highest BCUT2D eigenvalue weighted by molar-refractivity contribution is 5.37. The molecule has 1 fully saturated rings. The zero-order valence-corrected chi connectivity index (χ0v) is 8.45. The molecule has 14 heavy (non-hydrogen) atoms. The van der Waals surface area contributed by atoms with Crippen molar-refractivity contribution in [3.05, 3.63) is 29.8 Å². The van der Waals surface area contributed by atoms with E-state index >= 15 is 0 Å². The van der Waals surface area contributed by atoms with Gasteiger partial charge in [-0.25, -0.2) is 0 Å². The van der Waals surface area contributed by atoms with E-state index in [1.54, 1.807) is 7.11 Å². The van der Waals surface area contributed by atoms with Gasteiger partial charge in [0, 0.05) is 12.7 Å². The van der Waals surface area contributed by atoms with Crippen LogP contribution in [0, 0.1) is 6.07 Å². The van der Waals surface area contributed by atoms with E-state index < -0.39 is 0 Å². The maximum Gasteiger partial charge on any atom is 0.123 e. The SMILES string of the molecule is COCCOc1ccc[c]c1C1CC1. The minimum Gasteiger partial charge on any atom is -0.491 e. The largest absolute Gasteiger partial charge is 0.491 e. The van der Waals surface area contributed by atoms with Gasteiger partial charge in [0.1, 0.15) is 12.4 Å². The van der Waals surface area contributed by atoms with Crippen molar-refractivity contribution in [3.8, 4) is 5.75 Å². The van der Waals surface area contributed by atoms with Crippen molar-refractivity contribution in [1.29, 1.82) is 0 Å². The van der Waals surface area contributed by atoms with Gasteiger partial charge >= 0.3 is 0 Å². The van der Waals surface area contributed by atoms with Crippen LogP contribution in [0.3, 0.4) is 0 Å². The van der Waals surface area contributed by atoms with Crippen LogP contribution in [0.25, 0.3) is 0 Å². The first kappa shape index (κ1) is 9.53. The molecule has 0 heterocycles. The molecule has 0 saturated heterocycles. The van der Waals surface area contributed by atoms with Gasteiger partial charge in [0.25, 0.3) is 0 Å². The average Bonchev–Trinajstić information content (AvgIpc) is 3.03.